The van der Waals surface area contributed by atoms with Gasteiger partial charge < -0.3 is 10.8 Å². The minimum absolute atomic E-state index is 0.230. The quantitative estimate of drug-likeness (QED) is 0.758. The monoisotopic (exact) mass is 251 g/mol. The van der Waals surface area contributed by atoms with Crippen molar-refractivity contribution in [2.45, 2.75) is 40.5 Å². The normalized spacial score (nSPS) is 36.6. The second-order valence-corrected chi connectivity index (χ2v) is 7.28. The first-order valence-electron chi connectivity index (χ1n) is 6.82. The number of hydrogen-bond donors (Lipinski definition) is 2. The summed E-state index contributed by atoms with van der Waals surface area (Å²) in [6.45, 7) is 8.67. The van der Waals surface area contributed by atoms with E-state index < -0.39 is 5.97 Å². The number of carbonyl (C=O) groups is 1. The third-order valence-corrected chi connectivity index (χ3v) is 4.93. The van der Waals surface area contributed by atoms with Gasteiger partial charge in [0.25, 0.3) is 0 Å². The summed E-state index contributed by atoms with van der Waals surface area (Å²) in [6.07, 6.45) is 4.38. The molecule has 2 aliphatic rings. The van der Waals surface area contributed by atoms with Crippen LogP contribution in [0.1, 0.15) is 40.5 Å². The van der Waals surface area contributed by atoms with Crippen molar-refractivity contribution in [3.05, 3.63) is 11.6 Å². The number of carboxylic acid groups (broad SMARTS) is 1. The molecule has 18 heavy (non-hydrogen) atoms. The van der Waals surface area contributed by atoms with E-state index in [0.717, 1.165) is 12.8 Å². The van der Waals surface area contributed by atoms with Gasteiger partial charge in [0.15, 0.2) is 0 Å². The summed E-state index contributed by atoms with van der Waals surface area (Å²) in [7, 11) is 0. The average Bonchev–Trinajstić information content (AvgIpc) is 2.49. The summed E-state index contributed by atoms with van der Waals surface area (Å²) in [5, 5.41) is 9.65. The number of fused-ring (bicyclic) bond motifs is 1. The van der Waals surface area contributed by atoms with Gasteiger partial charge in [-0.2, -0.15) is 0 Å². The van der Waals surface area contributed by atoms with Gasteiger partial charge in [-0.25, -0.2) is 0 Å². The number of carboxylic acids is 1. The van der Waals surface area contributed by atoms with Crippen molar-refractivity contribution in [3.63, 3.8) is 0 Å². The first-order chi connectivity index (χ1) is 8.22. The van der Waals surface area contributed by atoms with Crippen LogP contribution >= 0.6 is 0 Å². The van der Waals surface area contributed by atoms with Crippen molar-refractivity contribution >= 4 is 5.97 Å². The molecule has 1 saturated carbocycles. The average molecular weight is 251 g/mol. The predicted molar refractivity (Wildman–Crippen MR) is 72.0 cm³/mol. The third kappa shape index (κ3) is 1.80. The maximum Gasteiger partial charge on any atom is 0.307 e. The van der Waals surface area contributed by atoms with E-state index >= 15 is 0 Å². The van der Waals surface area contributed by atoms with Crippen LogP contribution in [0.15, 0.2) is 11.6 Å². The van der Waals surface area contributed by atoms with Crippen molar-refractivity contribution in [2.75, 3.05) is 6.54 Å². The number of nitrogens with two attached hydrogens (primary N) is 1. The topological polar surface area (TPSA) is 63.3 Å². The minimum atomic E-state index is -0.690. The zero-order valence-electron chi connectivity index (χ0n) is 11.9. The Morgan fingerprint density at radius 3 is 2.61 bits per heavy atom. The Balaban J connectivity index is 2.36. The maximum absolute atomic E-state index is 11.7. The fourth-order valence-corrected chi connectivity index (χ4v) is 4.48. The lowest BCUT2D eigenvalue weighted by Gasteiger charge is -2.58. The molecule has 0 aliphatic heterocycles. The van der Waals surface area contributed by atoms with Gasteiger partial charge in [0, 0.05) is 5.41 Å². The van der Waals surface area contributed by atoms with Crippen molar-refractivity contribution < 1.29 is 9.90 Å². The Hall–Kier alpha value is -0.830. The fraction of sp³-hybridized carbons (Fsp3) is 0.800. The number of hydrogen-bond acceptors (Lipinski definition) is 2. The van der Waals surface area contributed by atoms with Crippen LogP contribution in [0.25, 0.3) is 0 Å². The smallest absolute Gasteiger partial charge is 0.307 e. The highest BCUT2D eigenvalue weighted by Crippen LogP contribution is 2.63. The Bertz CT molecular complexity index is 394. The highest BCUT2D eigenvalue weighted by Gasteiger charge is 2.61. The molecule has 0 heterocycles. The first kappa shape index (κ1) is 13.6. The molecule has 1 fully saturated rings. The van der Waals surface area contributed by atoms with E-state index in [1.54, 1.807) is 0 Å². The minimum Gasteiger partial charge on any atom is -0.481 e. The van der Waals surface area contributed by atoms with Crippen LogP contribution in [0.2, 0.25) is 0 Å². The molecule has 0 bridgehead atoms. The summed E-state index contributed by atoms with van der Waals surface area (Å²) in [5.74, 6) is -0.0386. The highest BCUT2D eigenvalue weighted by atomic mass is 16.4. The molecule has 0 amide bonds. The first-order valence-corrected chi connectivity index (χ1v) is 6.82. The van der Waals surface area contributed by atoms with Gasteiger partial charge in [-0.1, -0.05) is 32.4 Å². The van der Waals surface area contributed by atoms with Crippen LogP contribution in [-0.2, 0) is 4.79 Å². The summed E-state index contributed by atoms with van der Waals surface area (Å²) in [5.41, 5.74) is 6.94. The van der Waals surface area contributed by atoms with Crippen LogP contribution in [0.5, 0.6) is 0 Å². The zero-order chi connectivity index (χ0) is 13.7. The van der Waals surface area contributed by atoms with Gasteiger partial charge in [-0.3, -0.25) is 4.79 Å². The fourth-order valence-electron chi connectivity index (χ4n) is 4.48. The van der Waals surface area contributed by atoms with Crippen LogP contribution in [0, 0.1) is 28.6 Å². The molecular weight excluding hydrogens is 226 g/mol. The van der Waals surface area contributed by atoms with Crippen molar-refractivity contribution in [1.82, 2.24) is 0 Å². The van der Waals surface area contributed by atoms with Gasteiger partial charge in [0.1, 0.15) is 0 Å². The molecule has 3 N–H and O–H groups in total. The lowest BCUT2D eigenvalue weighted by molar-refractivity contribution is -0.166. The van der Waals surface area contributed by atoms with Gasteiger partial charge in [-0.15, -0.1) is 0 Å². The summed E-state index contributed by atoms with van der Waals surface area (Å²) in [4.78, 5) is 11.7. The molecule has 0 aromatic rings. The number of aliphatic carboxylic acids is 1. The van der Waals surface area contributed by atoms with E-state index in [9.17, 15) is 9.90 Å². The summed E-state index contributed by atoms with van der Waals surface area (Å²) in [6, 6.07) is 0. The molecule has 0 saturated heterocycles. The van der Waals surface area contributed by atoms with Gasteiger partial charge in [-0.05, 0) is 43.6 Å². The standard InChI is InChI=1S/C15H25NO2/c1-9-5-10-7-15(8-16,11(10)6-9)12(13(17)18)14(2,3)4/h6,10-12H,5,7-8,16H2,1-4H3,(H,17,18)/t10-,11+,12?,15+/m0/s1. The van der Waals surface area contributed by atoms with Gasteiger partial charge >= 0.3 is 5.97 Å². The van der Waals surface area contributed by atoms with Crippen LogP contribution < -0.4 is 5.73 Å². The molecule has 2 rings (SSSR count). The van der Waals surface area contributed by atoms with E-state index in [4.69, 9.17) is 5.73 Å². The number of rotatable bonds is 3. The molecule has 0 aromatic carbocycles. The molecule has 4 atom stereocenters. The van der Waals surface area contributed by atoms with Gasteiger partial charge in [0.2, 0.25) is 0 Å². The summed E-state index contributed by atoms with van der Waals surface area (Å²) < 4.78 is 0. The Morgan fingerprint density at radius 1 is 1.61 bits per heavy atom. The maximum atomic E-state index is 11.7. The van der Waals surface area contributed by atoms with E-state index in [1.165, 1.54) is 5.57 Å². The molecule has 0 spiro atoms. The molecule has 3 nitrogen and oxygen atoms in total. The lowest BCUT2D eigenvalue weighted by Crippen LogP contribution is -2.59. The zero-order valence-corrected chi connectivity index (χ0v) is 11.9. The van der Waals surface area contributed by atoms with E-state index in [0.29, 0.717) is 18.4 Å². The van der Waals surface area contributed by atoms with Gasteiger partial charge in [0.05, 0.1) is 5.92 Å². The highest BCUT2D eigenvalue weighted by molar-refractivity contribution is 5.72. The lowest BCUT2D eigenvalue weighted by atomic mass is 9.46. The second-order valence-electron chi connectivity index (χ2n) is 7.28. The van der Waals surface area contributed by atoms with E-state index in [-0.39, 0.29) is 16.7 Å². The molecule has 1 unspecified atom stereocenters. The van der Waals surface area contributed by atoms with Crippen LogP contribution in [-0.4, -0.2) is 17.6 Å². The molecule has 3 heteroatoms. The third-order valence-electron chi connectivity index (χ3n) is 4.93. The largest absolute Gasteiger partial charge is 0.481 e. The van der Waals surface area contributed by atoms with Crippen LogP contribution in [0.4, 0.5) is 0 Å². The number of allylic oxidation sites excluding steroid dienone is 2. The van der Waals surface area contributed by atoms with E-state index in [2.05, 4.69) is 13.0 Å². The predicted octanol–water partition coefficient (Wildman–Crippen LogP) is 2.66. The van der Waals surface area contributed by atoms with Crippen molar-refractivity contribution in [3.8, 4) is 0 Å². The molecule has 0 aromatic heterocycles. The van der Waals surface area contributed by atoms with Crippen LogP contribution in [0.3, 0.4) is 0 Å². The molecule has 102 valence electrons. The Morgan fingerprint density at radius 2 is 2.22 bits per heavy atom. The second kappa shape index (κ2) is 4.09. The Labute approximate surface area is 109 Å². The van der Waals surface area contributed by atoms with Crippen molar-refractivity contribution in [1.29, 1.82) is 0 Å². The summed E-state index contributed by atoms with van der Waals surface area (Å²) >= 11 is 0. The van der Waals surface area contributed by atoms with E-state index in [1.807, 2.05) is 20.8 Å². The van der Waals surface area contributed by atoms with Crippen molar-refractivity contribution in [2.24, 2.45) is 34.3 Å². The Kier molecular flexibility index (Phi) is 3.09. The molecule has 0 radical (unpaired) electrons. The molecule has 2 aliphatic carbocycles. The SMILES string of the molecule is CC1=C[C@@H]2[C@@H](C1)C[C@]2(CN)C(C(=O)O)C(C)(C)C. The molecular formula is C15H25NO2.